The van der Waals surface area contributed by atoms with Crippen LogP contribution in [0.2, 0.25) is 0 Å². The van der Waals surface area contributed by atoms with E-state index in [1.165, 1.54) is 11.3 Å². The average Bonchev–Trinajstić information content (AvgIpc) is 3.51. The minimum atomic E-state index is -0.724. The number of carbonyl (C=O) groups excluding carboxylic acids is 1. The summed E-state index contributed by atoms with van der Waals surface area (Å²) in [6, 6.07) is 6.47. The number of thiazole rings is 1. The van der Waals surface area contributed by atoms with E-state index in [-0.39, 0.29) is 19.0 Å². The minimum absolute atomic E-state index is 0.122. The number of hydrogen-bond acceptors (Lipinski definition) is 8. The molecule has 0 saturated heterocycles. The molecule has 8 nitrogen and oxygen atoms in total. The van der Waals surface area contributed by atoms with Gasteiger partial charge in [-0.1, -0.05) is 30.7 Å². The predicted octanol–water partition coefficient (Wildman–Crippen LogP) is 4.43. The zero-order chi connectivity index (χ0) is 24.7. The van der Waals surface area contributed by atoms with Crippen LogP contribution in [0.5, 0.6) is 11.5 Å². The normalized spacial score (nSPS) is 16.9. The third kappa shape index (κ3) is 4.41. The number of aromatic nitrogens is 1. The van der Waals surface area contributed by atoms with Gasteiger partial charge >= 0.3 is 5.97 Å². The Balaban J connectivity index is 1.76. The van der Waals surface area contributed by atoms with Crippen LogP contribution >= 0.6 is 43.2 Å². The predicted molar refractivity (Wildman–Crippen MR) is 136 cm³/mol. The molecule has 2 aliphatic rings. The number of nitrogens with zero attached hydrogens (tertiary/aromatic N) is 2. The Morgan fingerprint density at radius 2 is 2.06 bits per heavy atom. The maximum Gasteiger partial charge on any atom is 0.338 e. The van der Waals surface area contributed by atoms with Crippen LogP contribution in [0, 0.1) is 0 Å². The van der Waals surface area contributed by atoms with Gasteiger partial charge in [0.15, 0.2) is 21.0 Å². The van der Waals surface area contributed by atoms with E-state index in [0.29, 0.717) is 54.5 Å². The Bertz CT molecular complexity index is 1510. The van der Waals surface area contributed by atoms with Crippen LogP contribution in [0.1, 0.15) is 44.1 Å². The molecule has 0 aliphatic carbocycles. The molecule has 5 rings (SSSR count). The summed E-state index contributed by atoms with van der Waals surface area (Å²) in [5.41, 5.74) is 1.40. The lowest BCUT2D eigenvalue weighted by Gasteiger charge is -2.25. The van der Waals surface area contributed by atoms with Crippen LogP contribution in [0.15, 0.2) is 58.9 Å². The summed E-state index contributed by atoms with van der Waals surface area (Å²) < 4.78 is 25.3. The van der Waals surface area contributed by atoms with Crippen molar-refractivity contribution in [2.24, 2.45) is 4.99 Å². The first-order chi connectivity index (χ1) is 16.9. The van der Waals surface area contributed by atoms with Crippen molar-refractivity contribution >= 4 is 55.2 Å². The highest BCUT2D eigenvalue weighted by atomic mass is 79.9. The van der Waals surface area contributed by atoms with E-state index >= 15 is 0 Å². The molecule has 0 spiro atoms. The molecule has 2 aliphatic heterocycles. The molecule has 3 aromatic rings. The number of carbonyl (C=O) groups is 1. The molecule has 1 aromatic carbocycles. The maximum absolute atomic E-state index is 13.7. The molecule has 11 heteroatoms. The summed E-state index contributed by atoms with van der Waals surface area (Å²) in [6.07, 6.45) is 3.01. The first kappa shape index (κ1) is 24.1. The van der Waals surface area contributed by atoms with Crippen molar-refractivity contribution in [2.45, 2.75) is 32.7 Å². The molecule has 4 heterocycles. The standard InChI is InChI=1S/C24H20Br2N2O6S/c1-3-5-15-19(23(30)31-4-2)20(12-6-7-16-17(8-12)33-11-32-16)28-22(29)18(35-24(28)27-15)10-13-9-14(25)21(26)34-13/h6-10,20H,3-5,11H2,1-2H3/b18-10+/t20-/m1/s1. The van der Waals surface area contributed by atoms with E-state index in [1.807, 2.05) is 13.0 Å². The number of esters is 1. The first-order valence-corrected chi connectivity index (χ1v) is 13.4. The van der Waals surface area contributed by atoms with Crippen molar-refractivity contribution in [2.75, 3.05) is 13.4 Å². The van der Waals surface area contributed by atoms with E-state index < -0.39 is 12.0 Å². The van der Waals surface area contributed by atoms with Gasteiger partial charge < -0.3 is 18.6 Å². The molecule has 0 N–H and O–H groups in total. The molecule has 0 bridgehead atoms. The second-order valence-corrected chi connectivity index (χ2v) is 10.4. The highest BCUT2D eigenvalue weighted by Gasteiger charge is 2.35. The van der Waals surface area contributed by atoms with Crippen molar-refractivity contribution in [1.29, 1.82) is 0 Å². The third-order valence-electron chi connectivity index (χ3n) is 5.54. The van der Waals surface area contributed by atoms with Gasteiger partial charge in [-0.3, -0.25) is 9.36 Å². The van der Waals surface area contributed by atoms with Crippen molar-refractivity contribution in [3.63, 3.8) is 0 Å². The summed E-state index contributed by atoms with van der Waals surface area (Å²) in [5, 5.41) is 0. The smallest absolute Gasteiger partial charge is 0.338 e. The molecular weight excluding hydrogens is 604 g/mol. The van der Waals surface area contributed by atoms with Gasteiger partial charge in [0.2, 0.25) is 6.79 Å². The molecule has 0 radical (unpaired) electrons. The number of halogens is 2. The van der Waals surface area contributed by atoms with Crippen molar-refractivity contribution in [3.05, 3.63) is 75.7 Å². The lowest BCUT2D eigenvalue weighted by molar-refractivity contribution is -0.139. The van der Waals surface area contributed by atoms with Gasteiger partial charge in [0.25, 0.3) is 5.56 Å². The lowest BCUT2D eigenvalue weighted by atomic mass is 9.94. The fourth-order valence-corrected chi connectivity index (χ4v) is 5.69. The zero-order valence-corrected chi connectivity index (χ0v) is 22.8. The largest absolute Gasteiger partial charge is 0.463 e. The van der Waals surface area contributed by atoms with Crippen LogP contribution in [-0.2, 0) is 9.53 Å². The number of fused-ring (bicyclic) bond motifs is 2. The van der Waals surface area contributed by atoms with Crippen molar-refractivity contribution < 1.29 is 23.4 Å². The lowest BCUT2D eigenvalue weighted by Crippen LogP contribution is -2.40. The molecule has 0 unspecified atom stereocenters. The molecule has 0 fully saturated rings. The Morgan fingerprint density at radius 1 is 1.26 bits per heavy atom. The number of hydrogen-bond donors (Lipinski definition) is 0. The molecular formula is C24H20Br2N2O6S. The molecule has 0 amide bonds. The Kier molecular flexibility index (Phi) is 6.73. The monoisotopic (exact) mass is 622 g/mol. The van der Waals surface area contributed by atoms with E-state index in [1.54, 1.807) is 35.8 Å². The van der Waals surface area contributed by atoms with Crippen LogP contribution in [0.4, 0.5) is 0 Å². The van der Waals surface area contributed by atoms with Gasteiger partial charge in [0.05, 0.1) is 32.9 Å². The fourth-order valence-electron chi connectivity index (χ4n) is 4.08. The van der Waals surface area contributed by atoms with Crippen LogP contribution in [-0.4, -0.2) is 23.9 Å². The molecule has 2 aromatic heterocycles. The number of rotatable bonds is 6. The summed E-state index contributed by atoms with van der Waals surface area (Å²) in [6.45, 7) is 4.10. The van der Waals surface area contributed by atoms with Crippen LogP contribution in [0.3, 0.4) is 0 Å². The van der Waals surface area contributed by atoms with Gasteiger partial charge in [-0.15, -0.1) is 0 Å². The van der Waals surface area contributed by atoms with Crippen molar-refractivity contribution in [3.8, 4) is 11.5 Å². The third-order valence-corrected chi connectivity index (χ3v) is 8.24. The zero-order valence-electron chi connectivity index (χ0n) is 18.8. The number of allylic oxidation sites excluding steroid dienone is 1. The summed E-state index contributed by atoms with van der Waals surface area (Å²) in [4.78, 5) is 32.2. The molecule has 0 saturated carbocycles. The summed E-state index contributed by atoms with van der Waals surface area (Å²) in [5.74, 6) is 1.19. The minimum Gasteiger partial charge on any atom is -0.463 e. The van der Waals surface area contributed by atoms with Gasteiger partial charge in [-0.25, -0.2) is 9.79 Å². The number of benzene rings is 1. The molecule has 182 valence electrons. The number of ether oxygens (including phenoxy) is 3. The second-order valence-electron chi connectivity index (χ2n) is 7.80. The van der Waals surface area contributed by atoms with Gasteiger partial charge in [0, 0.05) is 6.08 Å². The first-order valence-electron chi connectivity index (χ1n) is 11.0. The SMILES string of the molecule is CCCC1=C(C(=O)OCC)[C@@H](c2ccc3c(c2)OCO3)n2c(s/c(=C/c3cc(Br)c(Br)o3)c2=O)=N1. The van der Waals surface area contributed by atoms with E-state index in [4.69, 9.17) is 23.6 Å². The summed E-state index contributed by atoms with van der Waals surface area (Å²) in [7, 11) is 0. The molecule has 1 atom stereocenters. The Labute approximate surface area is 220 Å². The highest BCUT2D eigenvalue weighted by Crippen LogP contribution is 2.39. The van der Waals surface area contributed by atoms with E-state index in [2.05, 4.69) is 31.9 Å². The second kappa shape index (κ2) is 9.79. The fraction of sp³-hybridized carbons (Fsp3) is 0.292. The Hall–Kier alpha value is -2.63. The quantitative estimate of drug-likeness (QED) is 0.378. The Morgan fingerprint density at radius 3 is 2.77 bits per heavy atom. The number of furan rings is 1. The average molecular weight is 624 g/mol. The van der Waals surface area contributed by atoms with E-state index in [0.717, 1.165) is 10.9 Å². The van der Waals surface area contributed by atoms with Gasteiger partial charge in [-0.2, -0.15) is 0 Å². The summed E-state index contributed by atoms with van der Waals surface area (Å²) >= 11 is 7.96. The van der Waals surface area contributed by atoms with E-state index in [9.17, 15) is 9.59 Å². The van der Waals surface area contributed by atoms with Gasteiger partial charge in [0.1, 0.15) is 5.76 Å². The van der Waals surface area contributed by atoms with Crippen LogP contribution < -0.4 is 24.4 Å². The molecule has 35 heavy (non-hydrogen) atoms. The maximum atomic E-state index is 13.7. The topological polar surface area (TPSA) is 92.3 Å². The highest BCUT2D eigenvalue weighted by molar-refractivity contribution is 9.13. The van der Waals surface area contributed by atoms with Crippen LogP contribution in [0.25, 0.3) is 6.08 Å². The van der Waals surface area contributed by atoms with Gasteiger partial charge in [-0.05, 0) is 69.0 Å². The van der Waals surface area contributed by atoms with Crippen molar-refractivity contribution in [1.82, 2.24) is 4.57 Å².